The van der Waals surface area contributed by atoms with Crippen molar-refractivity contribution in [1.29, 1.82) is 0 Å². The van der Waals surface area contributed by atoms with E-state index in [9.17, 15) is 9.50 Å². The molecule has 22 heavy (non-hydrogen) atoms. The fraction of sp³-hybridized carbons (Fsp3) is 0.667. The predicted molar refractivity (Wildman–Crippen MR) is 86.4 cm³/mol. The molecule has 0 spiro atoms. The average Bonchev–Trinajstić information content (AvgIpc) is 3.01. The van der Waals surface area contributed by atoms with Gasteiger partial charge in [0.1, 0.15) is 5.82 Å². The van der Waals surface area contributed by atoms with E-state index in [1.807, 2.05) is 12.1 Å². The van der Waals surface area contributed by atoms with Gasteiger partial charge in [0.2, 0.25) is 0 Å². The van der Waals surface area contributed by atoms with Gasteiger partial charge in [-0.25, -0.2) is 4.39 Å². The van der Waals surface area contributed by atoms with Crippen LogP contribution in [0.1, 0.15) is 31.2 Å². The van der Waals surface area contributed by atoms with Crippen molar-refractivity contribution < 1.29 is 9.50 Å². The van der Waals surface area contributed by atoms with Crippen LogP contribution in [-0.4, -0.2) is 59.8 Å². The monoisotopic (exact) mass is 306 g/mol. The van der Waals surface area contributed by atoms with E-state index in [1.54, 1.807) is 0 Å². The van der Waals surface area contributed by atoms with E-state index in [2.05, 4.69) is 9.80 Å². The number of likely N-dealkylation sites (tertiary alicyclic amines) is 2. The van der Waals surface area contributed by atoms with E-state index in [-0.39, 0.29) is 5.82 Å². The Morgan fingerprint density at radius 1 is 0.955 bits per heavy atom. The number of rotatable bonds is 5. The summed E-state index contributed by atoms with van der Waals surface area (Å²) in [5.74, 6) is -0.173. The highest BCUT2D eigenvalue weighted by Crippen LogP contribution is 2.25. The fourth-order valence-electron chi connectivity index (χ4n) is 3.65. The Morgan fingerprint density at radius 2 is 1.59 bits per heavy atom. The van der Waals surface area contributed by atoms with Gasteiger partial charge in [0.05, 0.1) is 5.60 Å². The minimum atomic E-state index is -0.489. The molecule has 1 aromatic carbocycles. The fourth-order valence-corrected chi connectivity index (χ4v) is 3.65. The van der Waals surface area contributed by atoms with Gasteiger partial charge in [-0.15, -0.1) is 0 Å². The maximum atomic E-state index is 12.9. The third kappa shape index (κ3) is 4.28. The van der Waals surface area contributed by atoms with Crippen LogP contribution in [-0.2, 0) is 6.42 Å². The largest absolute Gasteiger partial charge is 0.388 e. The number of halogens is 1. The summed E-state index contributed by atoms with van der Waals surface area (Å²) >= 11 is 0. The van der Waals surface area contributed by atoms with Crippen LogP contribution in [0.5, 0.6) is 0 Å². The first kappa shape index (κ1) is 15.9. The normalized spacial score (nSPS) is 23.0. The second-order valence-electron chi connectivity index (χ2n) is 6.93. The smallest absolute Gasteiger partial charge is 0.123 e. The second-order valence-corrected chi connectivity index (χ2v) is 6.93. The zero-order chi connectivity index (χ0) is 15.4. The highest BCUT2D eigenvalue weighted by Gasteiger charge is 2.34. The number of β-amino-alcohol motifs (C(OH)–C–C–N with tert-alkyl or cyclic N) is 1. The van der Waals surface area contributed by atoms with Crippen LogP contribution in [0, 0.1) is 5.82 Å². The van der Waals surface area contributed by atoms with E-state index >= 15 is 0 Å². The third-order valence-electron chi connectivity index (χ3n) is 5.13. The number of aliphatic hydroxyl groups is 1. The van der Waals surface area contributed by atoms with Crippen LogP contribution in [0.25, 0.3) is 0 Å². The van der Waals surface area contributed by atoms with Crippen LogP contribution < -0.4 is 0 Å². The number of benzene rings is 1. The van der Waals surface area contributed by atoms with Crippen molar-refractivity contribution in [3.05, 3.63) is 35.6 Å². The van der Waals surface area contributed by atoms with Gasteiger partial charge < -0.3 is 14.9 Å². The van der Waals surface area contributed by atoms with Crippen molar-refractivity contribution >= 4 is 0 Å². The molecule has 0 atom stereocenters. The molecule has 0 unspecified atom stereocenters. The standard InChI is InChI=1S/C18H27FN2O/c19-17-5-3-16(4-6-17)7-12-20-13-8-18(22,9-14-20)15-21-10-1-2-11-21/h3-6,22H,1-2,7-15H2. The van der Waals surface area contributed by atoms with Crippen molar-refractivity contribution in [1.82, 2.24) is 9.80 Å². The van der Waals surface area contributed by atoms with Gasteiger partial charge in [-0.05, 0) is 62.9 Å². The minimum Gasteiger partial charge on any atom is -0.388 e. The van der Waals surface area contributed by atoms with E-state index < -0.39 is 5.60 Å². The van der Waals surface area contributed by atoms with E-state index in [1.165, 1.54) is 30.5 Å². The molecular weight excluding hydrogens is 279 g/mol. The van der Waals surface area contributed by atoms with Gasteiger partial charge in [-0.2, -0.15) is 0 Å². The zero-order valence-electron chi connectivity index (χ0n) is 13.3. The van der Waals surface area contributed by atoms with Crippen molar-refractivity contribution in [2.24, 2.45) is 0 Å². The molecule has 3 rings (SSSR count). The molecule has 4 heteroatoms. The molecule has 2 aliphatic rings. The molecule has 3 nitrogen and oxygen atoms in total. The molecule has 0 saturated carbocycles. The summed E-state index contributed by atoms with van der Waals surface area (Å²) in [6.45, 7) is 6.06. The number of hydrogen-bond acceptors (Lipinski definition) is 3. The van der Waals surface area contributed by atoms with Gasteiger partial charge in [0.15, 0.2) is 0 Å². The van der Waals surface area contributed by atoms with Crippen LogP contribution in [0.3, 0.4) is 0 Å². The first-order valence-corrected chi connectivity index (χ1v) is 8.55. The van der Waals surface area contributed by atoms with Gasteiger partial charge >= 0.3 is 0 Å². The number of hydrogen-bond donors (Lipinski definition) is 1. The molecule has 2 fully saturated rings. The maximum Gasteiger partial charge on any atom is 0.123 e. The lowest BCUT2D eigenvalue weighted by atomic mass is 9.90. The second kappa shape index (κ2) is 7.07. The lowest BCUT2D eigenvalue weighted by Crippen LogP contribution is -2.50. The average molecular weight is 306 g/mol. The van der Waals surface area contributed by atoms with E-state index in [0.29, 0.717) is 0 Å². The SMILES string of the molecule is OC1(CN2CCCC2)CCN(CCc2ccc(F)cc2)CC1. The molecule has 2 saturated heterocycles. The van der Waals surface area contributed by atoms with E-state index in [0.717, 1.165) is 58.5 Å². The molecule has 2 heterocycles. The van der Waals surface area contributed by atoms with E-state index in [4.69, 9.17) is 0 Å². The lowest BCUT2D eigenvalue weighted by Gasteiger charge is -2.40. The molecule has 1 N–H and O–H groups in total. The van der Waals surface area contributed by atoms with Gasteiger partial charge in [0, 0.05) is 26.2 Å². The number of nitrogens with zero attached hydrogens (tertiary/aromatic N) is 2. The zero-order valence-corrected chi connectivity index (χ0v) is 13.3. The molecule has 0 aromatic heterocycles. The highest BCUT2D eigenvalue weighted by molar-refractivity contribution is 5.16. The Balaban J connectivity index is 1.42. The molecule has 0 aliphatic carbocycles. The van der Waals surface area contributed by atoms with Gasteiger partial charge in [0.25, 0.3) is 0 Å². The molecule has 0 amide bonds. The highest BCUT2D eigenvalue weighted by atomic mass is 19.1. The first-order valence-electron chi connectivity index (χ1n) is 8.55. The molecule has 2 aliphatic heterocycles. The van der Waals surface area contributed by atoms with Crippen LogP contribution in [0.15, 0.2) is 24.3 Å². The summed E-state index contributed by atoms with van der Waals surface area (Å²) in [5, 5.41) is 10.8. The number of piperidine rings is 1. The first-order chi connectivity index (χ1) is 10.6. The van der Waals surface area contributed by atoms with Crippen LogP contribution >= 0.6 is 0 Å². The summed E-state index contributed by atoms with van der Waals surface area (Å²) in [5.41, 5.74) is 0.691. The van der Waals surface area contributed by atoms with Crippen molar-refractivity contribution in [3.8, 4) is 0 Å². The minimum absolute atomic E-state index is 0.173. The van der Waals surface area contributed by atoms with Gasteiger partial charge in [-0.3, -0.25) is 0 Å². The summed E-state index contributed by atoms with van der Waals surface area (Å²) in [6.07, 6.45) is 5.24. The van der Waals surface area contributed by atoms with Crippen molar-refractivity contribution in [3.63, 3.8) is 0 Å². The van der Waals surface area contributed by atoms with Crippen LogP contribution in [0.2, 0.25) is 0 Å². The molecule has 0 bridgehead atoms. The Morgan fingerprint density at radius 3 is 2.23 bits per heavy atom. The van der Waals surface area contributed by atoms with Gasteiger partial charge in [-0.1, -0.05) is 12.1 Å². The Bertz CT molecular complexity index is 462. The topological polar surface area (TPSA) is 26.7 Å². The summed E-state index contributed by atoms with van der Waals surface area (Å²) in [4.78, 5) is 4.83. The molecule has 1 aromatic rings. The lowest BCUT2D eigenvalue weighted by molar-refractivity contribution is -0.0412. The van der Waals surface area contributed by atoms with Crippen LogP contribution in [0.4, 0.5) is 4.39 Å². The Kier molecular flexibility index (Phi) is 5.11. The Labute approximate surface area is 132 Å². The molecule has 122 valence electrons. The summed E-state index contributed by atoms with van der Waals surface area (Å²) < 4.78 is 12.9. The summed E-state index contributed by atoms with van der Waals surface area (Å²) in [7, 11) is 0. The summed E-state index contributed by atoms with van der Waals surface area (Å²) in [6, 6.07) is 6.78. The molecule has 0 radical (unpaired) electrons. The van der Waals surface area contributed by atoms with Crippen molar-refractivity contribution in [2.45, 2.75) is 37.7 Å². The third-order valence-corrected chi connectivity index (χ3v) is 5.13. The predicted octanol–water partition coefficient (Wildman–Crippen LogP) is 2.29. The maximum absolute atomic E-state index is 12.9. The Hall–Kier alpha value is -0.970. The molecular formula is C18H27FN2O. The van der Waals surface area contributed by atoms with Crippen molar-refractivity contribution in [2.75, 3.05) is 39.3 Å². The quantitative estimate of drug-likeness (QED) is 0.904.